The van der Waals surface area contributed by atoms with E-state index in [0.29, 0.717) is 18.1 Å². The molecule has 2 aliphatic carbocycles. The van der Waals surface area contributed by atoms with E-state index in [4.69, 9.17) is 4.74 Å². The largest absolute Gasteiger partial charge is 0.389 e. The molecule has 0 aromatic carbocycles. The Bertz CT molecular complexity index is 323. The third-order valence-corrected chi connectivity index (χ3v) is 5.77. The van der Waals surface area contributed by atoms with Crippen molar-refractivity contribution in [1.82, 2.24) is 5.32 Å². The van der Waals surface area contributed by atoms with E-state index in [0.717, 1.165) is 26.0 Å². The Labute approximate surface area is 117 Å². The maximum atomic E-state index is 10.6. The Morgan fingerprint density at radius 1 is 1.16 bits per heavy atom. The Balaban J connectivity index is 1.57. The van der Waals surface area contributed by atoms with Crippen LogP contribution in [0.2, 0.25) is 0 Å². The molecule has 110 valence electrons. The van der Waals surface area contributed by atoms with Crippen molar-refractivity contribution in [3.63, 3.8) is 0 Å². The minimum absolute atomic E-state index is 0.218. The zero-order valence-corrected chi connectivity index (χ0v) is 12.5. The normalized spacial score (nSPS) is 40.3. The summed E-state index contributed by atoms with van der Waals surface area (Å²) in [6, 6.07) is 0.517. The van der Waals surface area contributed by atoms with Gasteiger partial charge in [0.1, 0.15) is 0 Å². The van der Waals surface area contributed by atoms with Crippen LogP contribution in [0.1, 0.15) is 58.8 Å². The predicted molar refractivity (Wildman–Crippen MR) is 76.1 cm³/mol. The van der Waals surface area contributed by atoms with Crippen molar-refractivity contribution in [3.8, 4) is 0 Å². The summed E-state index contributed by atoms with van der Waals surface area (Å²) in [5.74, 6) is 0.663. The van der Waals surface area contributed by atoms with E-state index in [1.54, 1.807) is 0 Å². The molecule has 0 amide bonds. The monoisotopic (exact) mass is 267 g/mol. The molecule has 1 heterocycles. The molecule has 2 saturated carbocycles. The first kappa shape index (κ1) is 13.8. The van der Waals surface area contributed by atoms with Crippen molar-refractivity contribution >= 4 is 0 Å². The molecule has 3 nitrogen and oxygen atoms in total. The van der Waals surface area contributed by atoms with Crippen LogP contribution in [0.5, 0.6) is 0 Å². The summed E-state index contributed by atoms with van der Waals surface area (Å²) in [5.41, 5.74) is -0.231. The zero-order chi connectivity index (χ0) is 13.5. The second-order valence-electron chi connectivity index (χ2n) is 7.56. The lowest BCUT2D eigenvalue weighted by molar-refractivity contribution is -0.195. The molecule has 3 aliphatic rings. The molecule has 3 atom stereocenters. The van der Waals surface area contributed by atoms with Crippen LogP contribution in [0.25, 0.3) is 0 Å². The summed E-state index contributed by atoms with van der Waals surface area (Å²) >= 11 is 0. The maximum absolute atomic E-state index is 10.6. The maximum Gasteiger partial charge on any atom is 0.0771 e. The molecule has 3 rings (SSSR count). The van der Waals surface area contributed by atoms with E-state index in [9.17, 15) is 5.11 Å². The van der Waals surface area contributed by atoms with Gasteiger partial charge in [-0.1, -0.05) is 33.1 Å². The molecule has 0 aromatic rings. The van der Waals surface area contributed by atoms with E-state index in [1.807, 2.05) is 0 Å². The highest BCUT2D eigenvalue weighted by Crippen LogP contribution is 2.51. The molecule has 3 unspecified atom stereocenters. The molecule has 0 bridgehead atoms. The van der Waals surface area contributed by atoms with Gasteiger partial charge >= 0.3 is 0 Å². The van der Waals surface area contributed by atoms with Gasteiger partial charge < -0.3 is 15.2 Å². The fourth-order valence-corrected chi connectivity index (χ4v) is 4.62. The quantitative estimate of drug-likeness (QED) is 0.825. The first-order valence-electron chi connectivity index (χ1n) is 8.10. The van der Waals surface area contributed by atoms with Crippen LogP contribution >= 0.6 is 0 Å². The summed E-state index contributed by atoms with van der Waals surface area (Å²) in [5, 5.41) is 14.3. The van der Waals surface area contributed by atoms with Crippen LogP contribution in [0, 0.1) is 11.3 Å². The second kappa shape index (κ2) is 5.01. The highest BCUT2D eigenvalue weighted by Gasteiger charge is 2.57. The number of hydrogen-bond acceptors (Lipinski definition) is 3. The summed E-state index contributed by atoms with van der Waals surface area (Å²) in [6.45, 7) is 6.32. The molecule has 19 heavy (non-hydrogen) atoms. The third kappa shape index (κ3) is 2.45. The molecular weight excluding hydrogens is 238 g/mol. The van der Waals surface area contributed by atoms with E-state index < -0.39 is 5.60 Å². The van der Waals surface area contributed by atoms with Crippen molar-refractivity contribution in [2.75, 3.05) is 13.2 Å². The van der Waals surface area contributed by atoms with Crippen LogP contribution in [-0.4, -0.2) is 36.0 Å². The standard InChI is InChI=1S/C16H29NO2/c1-15(2)13(12-7-6-10-19-14(12)15)17-11-16(18)8-4-3-5-9-16/h12-14,17-18H,3-11H2,1-2H3. The SMILES string of the molecule is CC1(C)C(NCC2(O)CCCCC2)C2CCCOC21. The minimum Gasteiger partial charge on any atom is -0.389 e. The van der Waals surface area contributed by atoms with Crippen LogP contribution in [0.3, 0.4) is 0 Å². The van der Waals surface area contributed by atoms with E-state index >= 15 is 0 Å². The van der Waals surface area contributed by atoms with Crippen molar-refractivity contribution < 1.29 is 9.84 Å². The lowest BCUT2D eigenvalue weighted by atomic mass is 9.55. The highest BCUT2D eigenvalue weighted by molar-refractivity contribution is 5.10. The first-order chi connectivity index (χ1) is 9.03. The Morgan fingerprint density at radius 3 is 2.63 bits per heavy atom. The van der Waals surface area contributed by atoms with Crippen molar-refractivity contribution in [3.05, 3.63) is 0 Å². The number of hydrogen-bond donors (Lipinski definition) is 2. The van der Waals surface area contributed by atoms with E-state index in [1.165, 1.54) is 32.1 Å². The van der Waals surface area contributed by atoms with Crippen LogP contribution in [-0.2, 0) is 4.74 Å². The smallest absolute Gasteiger partial charge is 0.0771 e. The van der Waals surface area contributed by atoms with Gasteiger partial charge in [-0.05, 0) is 25.7 Å². The molecule has 1 saturated heterocycles. The zero-order valence-electron chi connectivity index (χ0n) is 12.5. The highest BCUT2D eigenvalue weighted by atomic mass is 16.5. The number of aliphatic hydroxyl groups is 1. The molecule has 3 heteroatoms. The third-order valence-electron chi connectivity index (χ3n) is 5.77. The van der Waals surface area contributed by atoms with Gasteiger partial charge in [0.05, 0.1) is 11.7 Å². The van der Waals surface area contributed by atoms with Gasteiger partial charge in [-0.2, -0.15) is 0 Å². The minimum atomic E-state index is -0.449. The van der Waals surface area contributed by atoms with Crippen LogP contribution in [0.4, 0.5) is 0 Å². The average Bonchev–Trinajstić information content (AvgIpc) is 2.39. The van der Waals surface area contributed by atoms with Gasteiger partial charge in [0, 0.05) is 30.5 Å². The second-order valence-corrected chi connectivity index (χ2v) is 7.56. The van der Waals surface area contributed by atoms with Crippen LogP contribution in [0.15, 0.2) is 0 Å². The fourth-order valence-electron chi connectivity index (χ4n) is 4.62. The fraction of sp³-hybridized carbons (Fsp3) is 1.00. The summed E-state index contributed by atoms with van der Waals surface area (Å²) in [4.78, 5) is 0. The predicted octanol–water partition coefficient (Wildman–Crippen LogP) is 2.47. The molecule has 0 aromatic heterocycles. The van der Waals surface area contributed by atoms with Gasteiger partial charge in [0.25, 0.3) is 0 Å². The van der Waals surface area contributed by atoms with E-state index in [-0.39, 0.29) is 5.41 Å². The molecule has 1 aliphatic heterocycles. The molecular formula is C16H29NO2. The first-order valence-corrected chi connectivity index (χ1v) is 8.10. The number of ether oxygens (including phenoxy) is 1. The van der Waals surface area contributed by atoms with Crippen LogP contribution < -0.4 is 5.32 Å². The van der Waals surface area contributed by atoms with Gasteiger partial charge in [-0.3, -0.25) is 0 Å². The molecule has 2 N–H and O–H groups in total. The summed E-state index contributed by atoms with van der Waals surface area (Å²) in [6.07, 6.45) is 8.50. The Morgan fingerprint density at radius 2 is 1.89 bits per heavy atom. The van der Waals surface area contributed by atoms with Crippen molar-refractivity contribution in [2.24, 2.45) is 11.3 Å². The average molecular weight is 267 g/mol. The summed E-state index contributed by atoms with van der Waals surface area (Å²) < 4.78 is 5.94. The van der Waals surface area contributed by atoms with Crippen molar-refractivity contribution in [1.29, 1.82) is 0 Å². The topological polar surface area (TPSA) is 41.5 Å². The Hall–Kier alpha value is -0.120. The lowest BCUT2D eigenvalue weighted by Gasteiger charge is -2.60. The Kier molecular flexibility index (Phi) is 3.65. The van der Waals surface area contributed by atoms with Gasteiger partial charge in [0.15, 0.2) is 0 Å². The number of fused-ring (bicyclic) bond motifs is 1. The van der Waals surface area contributed by atoms with Gasteiger partial charge in [-0.15, -0.1) is 0 Å². The molecule has 0 radical (unpaired) electrons. The van der Waals surface area contributed by atoms with Gasteiger partial charge in [0.2, 0.25) is 0 Å². The molecule has 3 fully saturated rings. The number of nitrogens with one attached hydrogen (secondary N) is 1. The lowest BCUT2D eigenvalue weighted by Crippen LogP contribution is -2.70. The molecule has 0 spiro atoms. The summed E-state index contributed by atoms with van der Waals surface area (Å²) in [7, 11) is 0. The van der Waals surface area contributed by atoms with E-state index in [2.05, 4.69) is 19.2 Å². The van der Waals surface area contributed by atoms with Gasteiger partial charge in [-0.25, -0.2) is 0 Å². The number of rotatable bonds is 3. The van der Waals surface area contributed by atoms with Crippen molar-refractivity contribution in [2.45, 2.75) is 76.5 Å².